The smallest absolute Gasteiger partial charge is 0.0328 e. The molecular formula is C6H14N2. The maximum atomic E-state index is 4.15. The van der Waals surface area contributed by atoms with Crippen LogP contribution in [0.25, 0.3) is 0 Å². The van der Waals surface area contributed by atoms with Crippen molar-refractivity contribution in [2.45, 2.75) is 20.8 Å². The van der Waals surface area contributed by atoms with Crippen molar-refractivity contribution in [2.75, 3.05) is 13.6 Å². The average molecular weight is 114 g/mol. The quantitative estimate of drug-likeness (QED) is 0.390. The molecule has 8 heavy (non-hydrogen) atoms. The van der Waals surface area contributed by atoms with Gasteiger partial charge in [0.15, 0.2) is 0 Å². The molecule has 0 unspecified atom stereocenters. The van der Waals surface area contributed by atoms with E-state index in [2.05, 4.69) is 12.0 Å². The van der Waals surface area contributed by atoms with E-state index in [0.717, 1.165) is 12.3 Å². The van der Waals surface area contributed by atoms with Crippen LogP contribution in [0.4, 0.5) is 0 Å². The molecule has 0 saturated carbocycles. The third-order valence-electron chi connectivity index (χ3n) is 0.828. The highest BCUT2D eigenvalue weighted by molar-refractivity contribution is 5.78. The Morgan fingerprint density at radius 3 is 2.12 bits per heavy atom. The summed E-state index contributed by atoms with van der Waals surface area (Å²) in [6.07, 6.45) is 0. The van der Waals surface area contributed by atoms with Crippen molar-refractivity contribution in [1.82, 2.24) is 5.01 Å². The zero-order chi connectivity index (χ0) is 6.57. The summed E-state index contributed by atoms with van der Waals surface area (Å²) in [4.78, 5) is 0. The Morgan fingerprint density at radius 1 is 1.50 bits per heavy atom. The normalized spacial score (nSPS) is 8.50. The molecule has 0 aliphatic carbocycles. The summed E-state index contributed by atoms with van der Waals surface area (Å²) in [7, 11) is 1.97. The molecule has 0 fully saturated rings. The van der Waals surface area contributed by atoms with Crippen molar-refractivity contribution in [2.24, 2.45) is 5.10 Å². The van der Waals surface area contributed by atoms with Crippen LogP contribution in [0, 0.1) is 0 Å². The number of hydrogen-bond acceptors (Lipinski definition) is 2. The topological polar surface area (TPSA) is 15.6 Å². The maximum Gasteiger partial charge on any atom is 0.0328 e. The Labute approximate surface area is 51.2 Å². The summed E-state index contributed by atoms with van der Waals surface area (Å²) < 4.78 is 0. The second kappa shape index (κ2) is 3.47. The highest BCUT2D eigenvalue weighted by atomic mass is 15.4. The van der Waals surface area contributed by atoms with E-state index in [4.69, 9.17) is 0 Å². The van der Waals surface area contributed by atoms with Gasteiger partial charge in [0.05, 0.1) is 0 Å². The van der Waals surface area contributed by atoms with Crippen LogP contribution < -0.4 is 0 Å². The number of nitrogens with zero attached hydrogens (tertiary/aromatic N) is 2. The second-order valence-electron chi connectivity index (χ2n) is 2.02. The summed E-state index contributed by atoms with van der Waals surface area (Å²) >= 11 is 0. The van der Waals surface area contributed by atoms with Crippen LogP contribution in [-0.4, -0.2) is 24.3 Å². The van der Waals surface area contributed by atoms with E-state index in [1.165, 1.54) is 0 Å². The van der Waals surface area contributed by atoms with Crippen molar-refractivity contribution in [3.8, 4) is 0 Å². The standard InChI is InChI=1S/C6H14N2/c1-5-8(4)7-6(2)3/h5H2,1-4H3. The van der Waals surface area contributed by atoms with Gasteiger partial charge in [-0.15, -0.1) is 0 Å². The van der Waals surface area contributed by atoms with Crippen molar-refractivity contribution < 1.29 is 0 Å². The first kappa shape index (κ1) is 7.47. The lowest BCUT2D eigenvalue weighted by Crippen LogP contribution is -2.10. The van der Waals surface area contributed by atoms with E-state index < -0.39 is 0 Å². The Bertz CT molecular complexity index is 82.5. The molecule has 0 aromatic heterocycles. The first-order chi connectivity index (χ1) is 3.66. The summed E-state index contributed by atoms with van der Waals surface area (Å²) in [6, 6.07) is 0. The minimum Gasteiger partial charge on any atom is -0.300 e. The van der Waals surface area contributed by atoms with Gasteiger partial charge in [-0.25, -0.2) is 0 Å². The summed E-state index contributed by atoms with van der Waals surface area (Å²) in [5.41, 5.74) is 1.11. The van der Waals surface area contributed by atoms with E-state index >= 15 is 0 Å². The fourth-order valence-electron chi connectivity index (χ4n) is 0.412. The van der Waals surface area contributed by atoms with Gasteiger partial charge in [0.1, 0.15) is 0 Å². The van der Waals surface area contributed by atoms with Gasteiger partial charge in [-0.3, -0.25) is 0 Å². The molecule has 0 heterocycles. The van der Waals surface area contributed by atoms with E-state index in [1.54, 1.807) is 0 Å². The summed E-state index contributed by atoms with van der Waals surface area (Å²) in [5.74, 6) is 0. The molecule has 0 aliphatic rings. The molecule has 0 aromatic rings. The van der Waals surface area contributed by atoms with Crippen LogP contribution in [-0.2, 0) is 0 Å². The van der Waals surface area contributed by atoms with Gasteiger partial charge in [-0.05, 0) is 20.8 Å². The lowest BCUT2D eigenvalue weighted by molar-refractivity contribution is 0.375. The predicted molar refractivity (Wildman–Crippen MR) is 37.1 cm³/mol. The summed E-state index contributed by atoms with van der Waals surface area (Å²) in [5, 5.41) is 6.06. The van der Waals surface area contributed by atoms with Crippen molar-refractivity contribution in [3.63, 3.8) is 0 Å². The lowest BCUT2D eigenvalue weighted by atomic mass is 10.5. The molecule has 0 radical (unpaired) electrons. The van der Waals surface area contributed by atoms with Gasteiger partial charge in [0.2, 0.25) is 0 Å². The highest BCUT2D eigenvalue weighted by Gasteiger charge is 1.83. The van der Waals surface area contributed by atoms with Gasteiger partial charge >= 0.3 is 0 Å². The number of hydrogen-bond donors (Lipinski definition) is 0. The Balaban J connectivity index is 3.51. The zero-order valence-corrected chi connectivity index (χ0v) is 6.10. The van der Waals surface area contributed by atoms with Crippen LogP contribution in [0.3, 0.4) is 0 Å². The van der Waals surface area contributed by atoms with E-state index in [1.807, 2.05) is 25.9 Å². The van der Waals surface area contributed by atoms with Crippen LogP contribution in [0.15, 0.2) is 5.10 Å². The Morgan fingerprint density at radius 2 is 2.00 bits per heavy atom. The van der Waals surface area contributed by atoms with Crippen LogP contribution >= 0.6 is 0 Å². The summed E-state index contributed by atoms with van der Waals surface area (Å²) in [6.45, 7) is 7.04. The van der Waals surface area contributed by atoms with E-state index in [-0.39, 0.29) is 0 Å². The predicted octanol–water partition coefficient (Wildman–Crippen LogP) is 1.33. The fourth-order valence-corrected chi connectivity index (χ4v) is 0.412. The van der Waals surface area contributed by atoms with Gasteiger partial charge in [0.25, 0.3) is 0 Å². The van der Waals surface area contributed by atoms with Crippen LogP contribution in [0.2, 0.25) is 0 Å². The molecule has 0 amide bonds. The van der Waals surface area contributed by atoms with Crippen molar-refractivity contribution >= 4 is 5.71 Å². The SMILES string of the molecule is CCN(C)N=C(C)C. The first-order valence-corrected chi connectivity index (χ1v) is 2.89. The zero-order valence-electron chi connectivity index (χ0n) is 6.10. The first-order valence-electron chi connectivity index (χ1n) is 2.89. The molecule has 0 atom stereocenters. The van der Waals surface area contributed by atoms with Gasteiger partial charge in [-0.1, -0.05) is 0 Å². The van der Waals surface area contributed by atoms with Crippen molar-refractivity contribution in [3.05, 3.63) is 0 Å². The minimum atomic E-state index is 0.977. The third kappa shape index (κ3) is 3.65. The van der Waals surface area contributed by atoms with Gasteiger partial charge in [-0.2, -0.15) is 5.10 Å². The molecule has 2 heteroatoms. The fraction of sp³-hybridized carbons (Fsp3) is 0.833. The highest BCUT2D eigenvalue weighted by Crippen LogP contribution is 1.82. The maximum absolute atomic E-state index is 4.15. The Hall–Kier alpha value is -0.530. The molecule has 0 rings (SSSR count). The van der Waals surface area contributed by atoms with Gasteiger partial charge < -0.3 is 5.01 Å². The van der Waals surface area contributed by atoms with Crippen LogP contribution in [0.1, 0.15) is 20.8 Å². The monoisotopic (exact) mass is 114 g/mol. The molecule has 0 bridgehead atoms. The molecular weight excluding hydrogens is 100 g/mol. The molecule has 48 valence electrons. The van der Waals surface area contributed by atoms with E-state index in [0.29, 0.717) is 0 Å². The second-order valence-corrected chi connectivity index (χ2v) is 2.02. The molecule has 0 spiro atoms. The lowest BCUT2D eigenvalue weighted by Gasteiger charge is -2.08. The third-order valence-corrected chi connectivity index (χ3v) is 0.828. The molecule has 0 saturated heterocycles. The number of rotatable bonds is 2. The Kier molecular flexibility index (Phi) is 3.24. The molecule has 0 N–H and O–H groups in total. The van der Waals surface area contributed by atoms with Crippen LogP contribution in [0.5, 0.6) is 0 Å². The molecule has 0 aromatic carbocycles. The molecule has 2 nitrogen and oxygen atoms in total. The number of hydrazone groups is 1. The van der Waals surface area contributed by atoms with Gasteiger partial charge in [0, 0.05) is 19.3 Å². The average Bonchev–Trinajstić information content (AvgIpc) is 1.65. The van der Waals surface area contributed by atoms with E-state index in [9.17, 15) is 0 Å². The van der Waals surface area contributed by atoms with Crippen molar-refractivity contribution in [1.29, 1.82) is 0 Å². The largest absolute Gasteiger partial charge is 0.300 e. The minimum absolute atomic E-state index is 0.977. The molecule has 0 aliphatic heterocycles.